The van der Waals surface area contributed by atoms with E-state index in [2.05, 4.69) is 21.2 Å². The van der Waals surface area contributed by atoms with Crippen LogP contribution in [0.1, 0.15) is 20.7 Å². The molecule has 0 radical (unpaired) electrons. The summed E-state index contributed by atoms with van der Waals surface area (Å²) < 4.78 is 26.2. The molecule has 1 amide bonds. The van der Waals surface area contributed by atoms with Gasteiger partial charge in [-0.05, 0) is 17.7 Å². The number of rotatable bonds is 4. The molecule has 0 aliphatic carbocycles. The lowest BCUT2D eigenvalue weighted by Gasteiger charge is -2.12. The van der Waals surface area contributed by atoms with Crippen molar-refractivity contribution in [2.24, 2.45) is 0 Å². The van der Waals surface area contributed by atoms with Gasteiger partial charge < -0.3 is 5.32 Å². The van der Waals surface area contributed by atoms with Crippen LogP contribution in [0.4, 0.5) is 8.78 Å². The van der Waals surface area contributed by atoms with Crippen LogP contribution in [-0.2, 0) is 0 Å². The number of benzene rings is 2. The summed E-state index contributed by atoms with van der Waals surface area (Å²) in [6, 6.07) is 12.4. The number of alkyl halides is 1. The Kier molecular flexibility index (Phi) is 4.84. The van der Waals surface area contributed by atoms with Crippen LogP contribution in [0.2, 0.25) is 0 Å². The van der Waals surface area contributed by atoms with Crippen LogP contribution in [-0.4, -0.2) is 12.5 Å². The third-order valence-electron chi connectivity index (χ3n) is 2.78. The highest BCUT2D eigenvalue weighted by molar-refractivity contribution is 9.09. The van der Waals surface area contributed by atoms with Gasteiger partial charge in [0.1, 0.15) is 11.6 Å². The van der Waals surface area contributed by atoms with Gasteiger partial charge in [-0.25, -0.2) is 8.78 Å². The summed E-state index contributed by atoms with van der Waals surface area (Å²) in [4.78, 5) is 11.7. The van der Waals surface area contributed by atoms with Gasteiger partial charge in [-0.3, -0.25) is 4.79 Å². The Morgan fingerprint density at radius 1 is 1.15 bits per heavy atom. The molecule has 0 heterocycles. The van der Waals surface area contributed by atoms with Crippen LogP contribution in [0.15, 0.2) is 48.5 Å². The molecule has 2 nitrogen and oxygen atoms in total. The lowest BCUT2D eigenvalue weighted by Crippen LogP contribution is -2.27. The molecule has 2 aromatic rings. The van der Waals surface area contributed by atoms with E-state index in [-0.39, 0.29) is 10.4 Å². The molecule has 0 aliphatic heterocycles. The highest BCUT2D eigenvalue weighted by atomic mass is 79.9. The van der Waals surface area contributed by atoms with Crippen LogP contribution >= 0.6 is 15.9 Å². The predicted molar refractivity (Wildman–Crippen MR) is 76.8 cm³/mol. The van der Waals surface area contributed by atoms with E-state index >= 15 is 0 Å². The zero-order chi connectivity index (χ0) is 14.5. The van der Waals surface area contributed by atoms with E-state index in [9.17, 15) is 13.6 Å². The lowest BCUT2D eigenvalue weighted by atomic mass is 10.1. The number of carbonyl (C=O) groups is 1. The maximum absolute atomic E-state index is 13.4. The van der Waals surface area contributed by atoms with Gasteiger partial charge in [0.25, 0.3) is 5.91 Å². The molecule has 104 valence electrons. The summed E-state index contributed by atoms with van der Waals surface area (Å²) in [5.41, 5.74) is 0.839. The van der Waals surface area contributed by atoms with E-state index in [0.717, 1.165) is 17.7 Å². The molecule has 1 atom stereocenters. The van der Waals surface area contributed by atoms with Crippen molar-refractivity contribution in [3.8, 4) is 0 Å². The van der Waals surface area contributed by atoms with Crippen molar-refractivity contribution in [2.75, 3.05) is 6.54 Å². The van der Waals surface area contributed by atoms with Gasteiger partial charge in [-0.15, -0.1) is 0 Å². The van der Waals surface area contributed by atoms with E-state index < -0.39 is 17.5 Å². The second-order valence-corrected chi connectivity index (χ2v) is 5.32. The average molecular weight is 340 g/mol. The van der Waals surface area contributed by atoms with Gasteiger partial charge in [0.05, 0.1) is 10.4 Å². The fourth-order valence-corrected chi connectivity index (χ4v) is 2.20. The fraction of sp³-hybridized carbons (Fsp3) is 0.133. The number of nitrogens with one attached hydrogen (secondary N) is 1. The Morgan fingerprint density at radius 3 is 2.50 bits per heavy atom. The van der Waals surface area contributed by atoms with E-state index in [4.69, 9.17) is 0 Å². The maximum atomic E-state index is 13.4. The van der Waals surface area contributed by atoms with Crippen LogP contribution in [0.25, 0.3) is 0 Å². The molecule has 1 unspecified atom stereocenters. The largest absolute Gasteiger partial charge is 0.350 e. The Morgan fingerprint density at radius 2 is 1.85 bits per heavy atom. The first kappa shape index (κ1) is 14.7. The zero-order valence-corrected chi connectivity index (χ0v) is 12.0. The first-order chi connectivity index (χ1) is 9.58. The fourth-order valence-electron chi connectivity index (χ4n) is 1.73. The van der Waals surface area contributed by atoms with Crippen LogP contribution < -0.4 is 5.32 Å². The summed E-state index contributed by atoms with van der Waals surface area (Å²) >= 11 is 3.45. The molecule has 2 aromatic carbocycles. The zero-order valence-electron chi connectivity index (χ0n) is 10.4. The SMILES string of the molecule is O=C(NCC(Br)c1ccccc1)c1ccc(F)cc1F. The van der Waals surface area contributed by atoms with Gasteiger partial charge >= 0.3 is 0 Å². The third kappa shape index (κ3) is 3.63. The second-order valence-electron chi connectivity index (χ2n) is 4.21. The Labute approximate surface area is 123 Å². The number of halogens is 3. The minimum absolute atomic E-state index is 0.0730. The molecule has 0 fully saturated rings. The maximum Gasteiger partial charge on any atom is 0.254 e. The van der Waals surface area contributed by atoms with Crippen molar-refractivity contribution in [1.82, 2.24) is 5.32 Å². The Bertz CT molecular complexity index is 604. The topological polar surface area (TPSA) is 29.1 Å². The normalized spacial score (nSPS) is 11.9. The summed E-state index contributed by atoms with van der Waals surface area (Å²) in [7, 11) is 0. The van der Waals surface area contributed by atoms with Crippen molar-refractivity contribution in [3.05, 3.63) is 71.3 Å². The van der Waals surface area contributed by atoms with Crippen molar-refractivity contribution < 1.29 is 13.6 Å². The van der Waals surface area contributed by atoms with Gasteiger partial charge in [0, 0.05) is 12.6 Å². The Balaban J connectivity index is 1.99. The second kappa shape index (κ2) is 6.61. The van der Waals surface area contributed by atoms with E-state index in [0.29, 0.717) is 12.6 Å². The number of carbonyl (C=O) groups excluding carboxylic acids is 1. The lowest BCUT2D eigenvalue weighted by molar-refractivity contribution is 0.0950. The molecule has 0 bridgehead atoms. The van der Waals surface area contributed by atoms with E-state index in [1.807, 2.05) is 30.3 Å². The number of amides is 1. The molecule has 5 heteroatoms. The highest BCUT2D eigenvalue weighted by Gasteiger charge is 2.14. The number of hydrogen-bond donors (Lipinski definition) is 1. The van der Waals surface area contributed by atoms with Gasteiger partial charge in [-0.2, -0.15) is 0 Å². The molecular formula is C15H12BrF2NO. The molecule has 0 spiro atoms. The summed E-state index contributed by atoms with van der Waals surface area (Å²) in [5.74, 6) is -2.14. The van der Waals surface area contributed by atoms with Crippen LogP contribution in [0.3, 0.4) is 0 Å². The summed E-state index contributed by atoms with van der Waals surface area (Å²) in [6.45, 7) is 0.305. The molecule has 0 saturated heterocycles. The first-order valence-corrected chi connectivity index (χ1v) is 6.92. The van der Waals surface area contributed by atoms with Crippen molar-refractivity contribution in [2.45, 2.75) is 4.83 Å². The smallest absolute Gasteiger partial charge is 0.254 e. The molecule has 2 rings (SSSR count). The monoisotopic (exact) mass is 339 g/mol. The molecular weight excluding hydrogens is 328 g/mol. The Hall–Kier alpha value is -1.75. The van der Waals surface area contributed by atoms with E-state index in [1.165, 1.54) is 0 Å². The molecule has 0 aromatic heterocycles. The van der Waals surface area contributed by atoms with Crippen molar-refractivity contribution in [1.29, 1.82) is 0 Å². The third-order valence-corrected chi connectivity index (χ3v) is 3.63. The summed E-state index contributed by atoms with van der Waals surface area (Å²) in [6.07, 6.45) is 0. The quantitative estimate of drug-likeness (QED) is 0.842. The minimum Gasteiger partial charge on any atom is -0.350 e. The minimum atomic E-state index is -0.867. The van der Waals surface area contributed by atoms with Gasteiger partial charge in [0.2, 0.25) is 0 Å². The van der Waals surface area contributed by atoms with Gasteiger partial charge in [-0.1, -0.05) is 46.3 Å². The molecule has 1 N–H and O–H groups in total. The molecule has 0 saturated carbocycles. The first-order valence-electron chi connectivity index (χ1n) is 6.00. The molecule has 0 aliphatic rings. The van der Waals surface area contributed by atoms with Gasteiger partial charge in [0.15, 0.2) is 0 Å². The van der Waals surface area contributed by atoms with E-state index in [1.54, 1.807) is 0 Å². The average Bonchev–Trinajstić information content (AvgIpc) is 2.45. The highest BCUT2D eigenvalue weighted by Crippen LogP contribution is 2.21. The van der Waals surface area contributed by atoms with Crippen LogP contribution in [0.5, 0.6) is 0 Å². The van der Waals surface area contributed by atoms with Crippen LogP contribution in [0, 0.1) is 11.6 Å². The molecule has 20 heavy (non-hydrogen) atoms. The summed E-state index contributed by atoms with van der Waals surface area (Å²) in [5, 5.41) is 2.61. The van der Waals surface area contributed by atoms with Crippen molar-refractivity contribution in [3.63, 3.8) is 0 Å². The predicted octanol–water partition coefficient (Wildman–Crippen LogP) is 3.83. The van der Waals surface area contributed by atoms with Crippen molar-refractivity contribution >= 4 is 21.8 Å². The number of hydrogen-bond acceptors (Lipinski definition) is 1. The standard InChI is InChI=1S/C15H12BrF2NO/c16-13(10-4-2-1-3-5-10)9-19-15(20)12-7-6-11(17)8-14(12)18/h1-8,13H,9H2,(H,19,20).